The number of hydrogen-bond acceptors (Lipinski definition) is 4. The summed E-state index contributed by atoms with van der Waals surface area (Å²) in [7, 11) is 0. The summed E-state index contributed by atoms with van der Waals surface area (Å²) in [5.41, 5.74) is 4.16. The van der Waals surface area contributed by atoms with E-state index < -0.39 is 0 Å². The third-order valence-electron chi connectivity index (χ3n) is 5.02. The van der Waals surface area contributed by atoms with Crippen LogP contribution < -0.4 is 4.74 Å². The molecule has 4 nitrogen and oxygen atoms in total. The Balaban J connectivity index is 1.41. The molecule has 27 heavy (non-hydrogen) atoms. The van der Waals surface area contributed by atoms with Crippen molar-refractivity contribution in [3.8, 4) is 5.19 Å². The first-order valence-electron chi connectivity index (χ1n) is 9.10. The van der Waals surface area contributed by atoms with E-state index in [-0.39, 0.29) is 12.0 Å². The fourth-order valence-corrected chi connectivity index (χ4v) is 4.90. The summed E-state index contributed by atoms with van der Waals surface area (Å²) in [4.78, 5) is 19.3. The summed E-state index contributed by atoms with van der Waals surface area (Å²) in [6.07, 6.45) is 1.75. The molecule has 2 aromatic carbocycles. The molecule has 1 amide bonds. The number of thiazole rings is 1. The van der Waals surface area contributed by atoms with Gasteiger partial charge in [-0.3, -0.25) is 4.79 Å². The number of carbonyl (C=O) groups is 1. The van der Waals surface area contributed by atoms with Crippen LogP contribution in [0.3, 0.4) is 0 Å². The number of amides is 1. The van der Waals surface area contributed by atoms with Gasteiger partial charge in [0.1, 0.15) is 6.10 Å². The van der Waals surface area contributed by atoms with Gasteiger partial charge >= 0.3 is 0 Å². The molecule has 0 unspecified atom stereocenters. The maximum atomic E-state index is 12.7. The van der Waals surface area contributed by atoms with E-state index in [0.29, 0.717) is 18.7 Å². The highest BCUT2D eigenvalue weighted by molar-refractivity contribution is 9.10. The Kier molecular flexibility index (Phi) is 5.19. The van der Waals surface area contributed by atoms with Crippen LogP contribution in [-0.4, -0.2) is 35.0 Å². The van der Waals surface area contributed by atoms with Gasteiger partial charge in [0.25, 0.3) is 11.1 Å². The minimum atomic E-state index is 0.0761. The van der Waals surface area contributed by atoms with Crippen LogP contribution in [0.25, 0.3) is 10.2 Å². The van der Waals surface area contributed by atoms with Gasteiger partial charge in [0.2, 0.25) is 0 Å². The topological polar surface area (TPSA) is 42.4 Å². The fraction of sp³-hybridized carbons (Fsp3) is 0.333. The first kappa shape index (κ1) is 18.4. The highest BCUT2D eigenvalue weighted by Crippen LogP contribution is 2.33. The van der Waals surface area contributed by atoms with Gasteiger partial charge in [-0.2, -0.15) is 0 Å². The number of ether oxygens (including phenoxy) is 1. The molecule has 0 aliphatic carbocycles. The molecule has 0 atom stereocenters. The lowest BCUT2D eigenvalue weighted by Crippen LogP contribution is -2.41. The van der Waals surface area contributed by atoms with Gasteiger partial charge in [-0.25, -0.2) is 4.98 Å². The smallest absolute Gasteiger partial charge is 0.274 e. The van der Waals surface area contributed by atoms with E-state index in [9.17, 15) is 4.79 Å². The second-order valence-corrected chi connectivity index (χ2v) is 8.76. The van der Waals surface area contributed by atoms with E-state index in [4.69, 9.17) is 9.72 Å². The summed E-state index contributed by atoms with van der Waals surface area (Å²) in [5.74, 6) is 0.0761. The van der Waals surface area contributed by atoms with Crippen LogP contribution in [0, 0.1) is 13.8 Å². The molecule has 0 radical (unpaired) electrons. The Morgan fingerprint density at radius 1 is 1.15 bits per heavy atom. The Hall–Kier alpha value is -1.92. The van der Waals surface area contributed by atoms with Crippen LogP contribution in [-0.2, 0) is 0 Å². The standard InChI is InChI=1S/C21H21BrN2O2S/c1-13-7-8-14(2)19-18(13)23-21(27-19)26-15-9-11-24(12-10-15)20(25)16-5-3-4-6-17(16)22/h3-8,15H,9-12H2,1-2H3. The summed E-state index contributed by atoms with van der Waals surface area (Å²) < 4.78 is 8.21. The highest BCUT2D eigenvalue weighted by Gasteiger charge is 2.26. The lowest BCUT2D eigenvalue weighted by molar-refractivity contribution is 0.0594. The predicted molar refractivity (Wildman–Crippen MR) is 113 cm³/mol. The monoisotopic (exact) mass is 444 g/mol. The number of hydrogen-bond donors (Lipinski definition) is 0. The highest BCUT2D eigenvalue weighted by atomic mass is 79.9. The number of fused-ring (bicyclic) bond motifs is 1. The summed E-state index contributed by atoms with van der Waals surface area (Å²) >= 11 is 5.09. The second-order valence-electron chi connectivity index (χ2n) is 6.95. The predicted octanol–water partition coefficient (Wildman–Crippen LogP) is 5.36. The van der Waals surface area contributed by atoms with Crippen molar-refractivity contribution in [2.24, 2.45) is 0 Å². The number of nitrogens with zero attached hydrogens (tertiary/aromatic N) is 2. The second kappa shape index (κ2) is 7.60. The Morgan fingerprint density at radius 3 is 2.56 bits per heavy atom. The van der Waals surface area contributed by atoms with Gasteiger partial charge < -0.3 is 9.64 Å². The molecule has 1 aliphatic heterocycles. The zero-order valence-corrected chi connectivity index (χ0v) is 17.8. The van der Waals surface area contributed by atoms with E-state index in [0.717, 1.165) is 28.0 Å². The number of aromatic nitrogens is 1. The zero-order chi connectivity index (χ0) is 19.0. The van der Waals surface area contributed by atoms with Gasteiger partial charge in [-0.15, -0.1) is 0 Å². The third kappa shape index (κ3) is 3.73. The van der Waals surface area contributed by atoms with E-state index in [1.54, 1.807) is 11.3 Å². The average molecular weight is 445 g/mol. The molecule has 6 heteroatoms. The van der Waals surface area contributed by atoms with Crippen molar-refractivity contribution in [1.29, 1.82) is 0 Å². The van der Waals surface area contributed by atoms with E-state index in [1.807, 2.05) is 29.2 Å². The Morgan fingerprint density at radius 2 is 1.85 bits per heavy atom. The molecule has 3 aromatic rings. The number of carbonyl (C=O) groups excluding carboxylic acids is 1. The molecule has 1 aliphatic rings. The molecule has 2 heterocycles. The van der Waals surface area contributed by atoms with Gasteiger partial charge in [-0.1, -0.05) is 35.6 Å². The van der Waals surface area contributed by atoms with E-state index in [1.165, 1.54) is 15.8 Å². The van der Waals surface area contributed by atoms with Gasteiger partial charge in [0.05, 0.1) is 15.8 Å². The van der Waals surface area contributed by atoms with Crippen molar-refractivity contribution in [1.82, 2.24) is 9.88 Å². The lowest BCUT2D eigenvalue weighted by Gasteiger charge is -2.31. The van der Waals surface area contributed by atoms with Crippen molar-refractivity contribution < 1.29 is 9.53 Å². The molecular formula is C21H21BrN2O2S. The molecule has 0 N–H and O–H groups in total. The van der Waals surface area contributed by atoms with Crippen molar-refractivity contribution in [2.75, 3.05) is 13.1 Å². The van der Waals surface area contributed by atoms with Crippen molar-refractivity contribution in [3.63, 3.8) is 0 Å². The van der Waals surface area contributed by atoms with Crippen LogP contribution in [0.4, 0.5) is 0 Å². The number of likely N-dealkylation sites (tertiary alicyclic amines) is 1. The van der Waals surface area contributed by atoms with Crippen LogP contribution in [0.5, 0.6) is 5.19 Å². The molecule has 0 spiro atoms. The van der Waals surface area contributed by atoms with Crippen molar-refractivity contribution in [3.05, 3.63) is 57.6 Å². The summed E-state index contributed by atoms with van der Waals surface area (Å²) in [5, 5.41) is 0.734. The van der Waals surface area contributed by atoms with E-state index in [2.05, 4.69) is 41.9 Å². The molecule has 0 bridgehead atoms. The van der Waals surface area contributed by atoms with Gasteiger partial charge in [0, 0.05) is 30.4 Å². The minimum absolute atomic E-state index is 0.0761. The van der Waals surface area contributed by atoms with Crippen LogP contribution >= 0.6 is 27.3 Å². The van der Waals surface area contributed by atoms with Crippen LogP contribution in [0.15, 0.2) is 40.9 Å². The van der Waals surface area contributed by atoms with Gasteiger partial charge in [-0.05, 0) is 53.0 Å². The first-order valence-corrected chi connectivity index (χ1v) is 10.7. The lowest BCUT2D eigenvalue weighted by atomic mass is 10.1. The van der Waals surface area contributed by atoms with Crippen molar-refractivity contribution >= 4 is 43.4 Å². The average Bonchev–Trinajstić information content (AvgIpc) is 3.10. The number of aryl methyl sites for hydroxylation is 2. The Bertz CT molecular complexity index is 954. The maximum absolute atomic E-state index is 12.7. The minimum Gasteiger partial charge on any atom is -0.467 e. The molecular weight excluding hydrogens is 424 g/mol. The van der Waals surface area contributed by atoms with Gasteiger partial charge in [0.15, 0.2) is 0 Å². The number of halogens is 1. The normalized spacial score (nSPS) is 15.3. The van der Waals surface area contributed by atoms with Crippen LogP contribution in [0.1, 0.15) is 34.3 Å². The van der Waals surface area contributed by atoms with Crippen molar-refractivity contribution in [2.45, 2.75) is 32.8 Å². The maximum Gasteiger partial charge on any atom is 0.274 e. The number of benzene rings is 2. The fourth-order valence-electron chi connectivity index (χ4n) is 3.41. The number of rotatable bonds is 3. The summed E-state index contributed by atoms with van der Waals surface area (Å²) in [6.45, 7) is 5.59. The quantitative estimate of drug-likeness (QED) is 0.545. The van der Waals surface area contributed by atoms with E-state index >= 15 is 0 Å². The third-order valence-corrected chi connectivity index (χ3v) is 6.80. The first-order chi connectivity index (χ1) is 13.0. The largest absolute Gasteiger partial charge is 0.467 e. The molecule has 1 fully saturated rings. The summed E-state index contributed by atoms with van der Waals surface area (Å²) in [6, 6.07) is 11.8. The molecule has 140 valence electrons. The Labute approximate surface area is 171 Å². The zero-order valence-electron chi connectivity index (χ0n) is 15.4. The SMILES string of the molecule is Cc1ccc(C)c2sc(OC3CCN(C(=O)c4ccccc4Br)CC3)nc12. The molecule has 1 aromatic heterocycles. The molecule has 0 saturated carbocycles. The number of piperidine rings is 1. The molecule has 4 rings (SSSR count). The van der Waals surface area contributed by atoms with Crippen LogP contribution in [0.2, 0.25) is 0 Å². The molecule has 1 saturated heterocycles.